The van der Waals surface area contributed by atoms with E-state index in [0.29, 0.717) is 0 Å². The van der Waals surface area contributed by atoms with E-state index in [4.69, 9.17) is 18.9 Å². The molecule has 50 heavy (non-hydrogen) atoms. The third-order valence-corrected chi connectivity index (χ3v) is 11.0. The number of sulfonamides is 2. The molecule has 2 atom stereocenters. The van der Waals surface area contributed by atoms with Crippen molar-refractivity contribution in [3.8, 4) is 0 Å². The molecule has 1 aliphatic heterocycles. The Morgan fingerprint density at radius 1 is 0.560 bits per heavy atom. The standard InChI is InChI=1S/C34H52N4O10S2/c1-5-31(35-49(41,42)29-11-7-27(3)8-12-29)33(39)37-15-19-45-23-25-47-21-17-38(18-22-48-26-24-46-20-16-37)34(40)32(6-2)36-50(43,44)30-13-9-28(4)10-14-30/h7-14,31-32,35-36H,5-6,15-26H2,1-4H3/t31-,32+. The van der Waals surface area contributed by atoms with Crippen molar-refractivity contribution in [2.24, 2.45) is 0 Å². The molecule has 1 saturated heterocycles. The first-order chi connectivity index (χ1) is 23.9. The van der Waals surface area contributed by atoms with Crippen LogP contribution in [0.4, 0.5) is 0 Å². The smallest absolute Gasteiger partial charge is 0.241 e. The molecule has 280 valence electrons. The summed E-state index contributed by atoms with van der Waals surface area (Å²) in [6, 6.07) is 10.9. The van der Waals surface area contributed by atoms with Gasteiger partial charge in [-0.2, -0.15) is 9.44 Å². The maximum atomic E-state index is 13.5. The Balaban J connectivity index is 1.56. The molecule has 0 aromatic heterocycles. The molecule has 16 heteroatoms. The zero-order valence-corrected chi connectivity index (χ0v) is 31.1. The highest BCUT2D eigenvalue weighted by Gasteiger charge is 2.29. The number of carbonyl (C=O) groups excluding carboxylic acids is 2. The first-order valence-electron chi connectivity index (χ1n) is 16.9. The molecule has 0 unspecified atom stereocenters. The zero-order valence-electron chi connectivity index (χ0n) is 29.5. The second-order valence-corrected chi connectivity index (χ2v) is 15.3. The van der Waals surface area contributed by atoms with Crippen molar-refractivity contribution in [1.82, 2.24) is 19.2 Å². The van der Waals surface area contributed by atoms with Crippen LogP contribution in [0.15, 0.2) is 58.3 Å². The third kappa shape index (κ3) is 13.3. The van der Waals surface area contributed by atoms with E-state index < -0.39 is 32.1 Å². The number of amides is 2. The Hall–Kier alpha value is -2.96. The van der Waals surface area contributed by atoms with Gasteiger partial charge in [0.1, 0.15) is 12.1 Å². The highest BCUT2D eigenvalue weighted by Crippen LogP contribution is 2.14. The van der Waals surface area contributed by atoms with Gasteiger partial charge in [0.2, 0.25) is 31.9 Å². The van der Waals surface area contributed by atoms with Crippen molar-refractivity contribution < 1.29 is 45.4 Å². The van der Waals surface area contributed by atoms with E-state index in [9.17, 15) is 26.4 Å². The minimum absolute atomic E-state index is 0.0844. The van der Waals surface area contributed by atoms with Crippen molar-refractivity contribution in [3.63, 3.8) is 0 Å². The number of hydrogen-bond acceptors (Lipinski definition) is 10. The van der Waals surface area contributed by atoms with Gasteiger partial charge in [-0.1, -0.05) is 49.2 Å². The first-order valence-corrected chi connectivity index (χ1v) is 19.9. The van der Waals surface area contributed by atoms with E-state index in [-0.39, 0.29) is 113 Å². The van der Waals surface area contributed by atoms with Crippen LogP contribution in [0.5, 0.6) is 0 Å². The summed E-state index contributed by atoms with van der Waals surface area (Å²) in [6.45, 7) is 9.67. The lowest BCUT2D eigenvalue weighted by atomic mass is 10.2. The van der Waals surface area contributed by atoms with Gasteiger partial charge in [-0.3, -0.25) is 9.59 Å². The summed E-state index contributed by atoms with van der Waals surface area (Å²) in [5.41, 5.74) is 1.84. The fourth-order valence-corrected chi connectivity index (χ4v) is 7.56. The van der Waals surface area contributed by atoms with Gasteiger partial charge in [-0.05, 0) is 51.0 Å². The summed E-state index contributed by atoms with van der Waals surface area (Å²) in [5.74, 6) is -0.762. The average molecular weight is 741 g/mol. The van der Waals surface area contributed by atoms with E-state index >= 15 is 0 Å². The van der Waals surface area contributed by atoms with Crippen LogP contribution >= 0.6 is 0 Å². The number of rotatable bonds is 10. The van der Waals surface area contributed by atoms with Gasteiger partial charge in [0.05, 0.1) is 62.6 Å². The highest BCUT2D eigenvalue weighted by atomic mass is 32.2. The predicted molar refractivity (Wildman–Crippen MR) is 188 cm³/mol. The third-order valence-electron chi connectivity index (χ3n) is 8.06. The van der Waals surface area contributed by atoms with E-state index in [1.165, 1.54) is 34.1 Å². The number of nitrogens with one attached hydrogen (secondary N) is 2. The van der Waals surface area contributed by atoms with Crippen LogP contribution in [0.3, 0.4) is 0 Å². The molecule has 1 fully saturated rings. The molecule has 0 saturated carbocycles. The molecule has 0 radical (unpaired) electrons. The molecule has 1 aliphatic rings. The van der Waals surface area contributed by atoms with Crippen molar-refractivity contribution in [2.45, 2.75) is 62.4 Å². The topological polar surface area (TPSA) is 170 Å². The lowest BCUT2D eigenvalue weighted by Gasteiger charge is -2.28. The quantitative estimate of drug-likeness (QED) is 0.367. The second-order valence-electron chi connectivity index (χ2n) is 11.9. The van der Waals surface area contributed by atoms with Crippen LogP contribution in [0.25, 0.3) is 0 Å². The summed E-state index contributed by atoms with van der Waals surface area (Å²) in [5, 5.41) is 0. The highest BCUT2D eigenvalue weighted by molar-refractivity contribution is 7.89. The van der Waals surface area contributed by atoms with Gasteiger partial charge in [-0.15, -0.1) is 0 Å². The minimum atomic E-state index is -3.92. The lowest BCUT2D eigenvalue weighted by Crippen LogP contribution is -2.50. The fraction of sp³-hybridized carbons (Fsp3) is 0.588. The molecular formula is C34H52N4O10S2. The normalized spacial score (nSPS) is 18.1. The maximum absolute atomic E-state index is 13.5. The minimum Gasteiger partial charge on any atom is -0.377 e. The van der Waals surface area contributed by atoms with Crippen LogP contribution < -0.4 is 9.44 Å². The zero-order chi connectivity index (χ0) is 36.6. The first kappa shape index (κ1) is 41.5. The van der Waals surface area contributed by atoms with Crippen LogP contribution in [0.1, 0.15) is 37.8 Å². The molecule has 2 aromatic carbocycles. The van der Waals surface area contributed by atoms with E-state index in [0.717, 1.165) is 11.1 Å². The van der Waals surface area contributed by atoms with Gasteiger partial charge in [0.25, 0.3) is 0 Å². The lowest BCUT2D eigenvalue weighted by molar-refractivity contribution is -0.136. The van der Waals surface area contributed by atoms with Crippen LogP contribution in [0, 0.1) is 13.8 Å². The summed E-state index contributed by atoms with van der Waals surface area (Å²) in [4.78, 5) is 30.2. The average Bonchev–Trinajstić information content (AvgIpc) is 3.09. The van der Waals surface area contributed by atoms with Crippen molar-refractivity contribution in [2.75, 3.05) is 79.0 Å². The Labute approximate surface area is 296 Å². The van der Waals surface area contributed by atoms with Gasteiger partial charge < -0.3 is 28.7 Å². The molecular weight excluding hydrogens is 689 g/mol. The van der Waals surface area contributed by atoms with Crippen molar-refractivity contribution in [3.05, 3.63) is 59.7 Å². The van der Waals surface area contributed by atoms with E-state index in [1.807, 2.05) is 13.8 Å². The maximum Gasteiger partial charge on any atom is 0.241 e. The largest absolute Gasteiger partial charge is 0.377 e. The Morgan fingerprint density at radius 3 is 1.10 bits per heavy atom. The molecule has 2 N–H and O–H groups in total. The molecule has 2 amide bonds. The molecule has 3 rings (SSSR count). The Morgan fingerprint density at radius 2 is 0.840 bits per heavy atom. The molecule has 14 nitrogen and oxygen atoms in total. The Kier molecular flexibility index (Phi) is 17.2. The van der Waals surface area contributed by atoms with Crippen LogP contribution in [-0.2, 0) is 48.6 Å². The summed E-state index contributed by atoms with van der Waals surface area (Å²) < 4.78 is 80.0. The number of nitrogens with zero attached hydrogens (tertiary/aromatic N) is 2. The summed E-state index contributed by atoms with van der Waals surface area (Å²) >= 11 is 0. The van der Waals surface area contributed by atoms with Gasteiger partial charge in [0.15, 0.2) is 0 Å². The van der Waals surface area contributed by atoms with Gasteiger partial charge in [0, 0.05) is 26.2 Å². The summed E-state index contributed by atoms with van der Waals surface area (Å²) in [7, 11) is -7.84. The number of ether oxygens (including phenoxy) is 4. The van der Waals surface area contributed by atoms with E-state index in [1.54, 1.807) is 38.1 Å². The van der Waals surface area contributed by atoms with Crippen molar-refractivity contribution >= 4 is 31.9 Å². The van der Waals surface area contributed by atoms with Gasteiger partial charge >= 0.3 is 0 Å². The molecule has 1 heterocycles. The number of carbonyl (C=O) groups is 2. The SMILES string of the molecule is CC[C@H](NS(=O)(=O)c1ccc(C)cc1)C(=O)N1CCOCCOCCN(C(=O)[C@@H](CC)NS(=O)(=O)c2ccc(C)cc2)CCOCCOCC1. The predicted octanol–water partition coefficient (Wildman–Crippen LogP) is 1.85. The molecule has 0 bridgehead atoms. The van der Waals surface area contributed by atoms with Crippen LogP contribution in [0.2, 0.25) is 0 Å². The number of aryl methyl sites for hydroxylation is 2. The van der Waals surface area contributed by atoms with Crippen LogP contribution in [-0.4, -0.2) is 130 Å². The summed E-state index contributed by atoms with van der Waals surface area (Å²) in [6.07, 6.45) is 0.502. The second kappa shape index (κ2) is 20.8. The molecule has 2 aromatic rings. The van der Waals surface area contributed by atoms with Crippen molar-refractivity contribution in [1.29, 1.82) is 0 Å². The number of benzene rings is 2. The van der Waals surface area contributed by atoms with Gasteiger partial charge in [-0.25, -0.2) is 16.8 Å². The molecule has 0 aliphatic carbocycles. The monoisotopic (exact) mass is 740 g/mol. The number of hydrogen-bond donors (Lipinski definition) is 2. The van der Waals surface area contributed by atoms with E-state index in [2.05, 4.69) is 9.44 Å². The molecule has 0 spiro atoms. The fourth-order valence-electron chi connectivity index (χ4n) is 5.01. The Bertz CT molecular complexity index is 1420.